The van der Waals surface area contributed by atoms with Crippen LogP contribution in [0, 0.1) is 13.8 Å². The molecule has 0 saturated carbocycles. The second-order valence-corrected chi connectivity index (χ2v) is 6.73. The van der Waals surface area contributed by atoms with Crippen molar-refractivity contribution in [2.45, 2.75) is 26.7 Å². The first-order chi connectivity index (χ1) is 12.1. The van der Waals surface area contributed by atoms with Crippen molar-refractivity contribution in [2.75, 3.05) is 19.0 Å². The van der Waals surface area contributed by atoms with E-state index in [2.05, 4.69) is 15.4 Å². The van der Waals surface area contributed by atoms with Crippen LogP contribution < -0.4 is 14.8 Å². The van der Waals surface area contributed by atoms with Gasteiger partial charge in [-0.25, -0.2) is 4.52 Å². The van der Waals surface area contributed by atoms with E-state index in [1.165, 1.54) is 4.88 Å². The van der Waals surface area contributed by atoms with Crippen LogP contribution >= 0.6 is 11.3 Å². The number of ether oxygens (including phenoxy) is 2. The minimum absolute atomic E-state index is 0.119. The molecule has 25 heavy (non-hydrogen) atoms. The molecule has 3 rings (SSSR count). The zero-order valence-electron chi connectivity index (χ0n) is 14.4. The van der Waals surface area contributed by atoms with E-state index in [1.807, 2.05) is 38.1 Å². The second kappa shape index (κ2) is 7.52. The molecular weight excluding hydrogens is 340 g/mol. The molecule has 0 bridgehead atoms. The van der Waals surface area contributed by atoms with Gasteiger partial charge in [0.25, 0.3) is 0 Å². The van der Waals surface area contributed by atoms with Crippen LogP contribution in [0.25, 0.3) is 4.96 Å². The Kier molecular flexibility index (Phi) is 5.18. The number of nitrogens with zero attached hydrogens (tertiary/aromatic N) is 3. The highest BCUT2D eigenvalue weighted by molar-refractivity contribution is 7.17. The van der Waals surface area contributed by atoms with Gasteiger partial charge in [-0.3, -0.25) is 10.1 Å². The summed E-state index contributed by atoms with van der Waals surface area (Å²) in [6, 6.07) is 7.35. The quantitative estimate of drug-likeness (QED) is 0.655. The Morgan fingerprint density at radius 2 is 1.96 bits per heavy atom. The van der Waals surface area contributed by atoms with Gasteiger partial charge >= 0.3 is 0 Å². The Bertz CT molecular complexity index is 870. The van der Waals surface area contributed by atoms with Crippen molar-refractivity contribution in [3.05, 3.63) is 34.8 Å². The molecule has 0 unspecified atom stereocenters. The first kappa shape index (κ1) is 17.2. The molecule has 0 atom stereocenters. The van der Waals surface area contributed by atoms with Crippen molar-refractivity contribution >= 4 is 28.2 Å². The number of amides is 1. The van der Waals surface area contributed by atoms with E-state index in [1.54, 1.807) is 23.0 Å². The monoisotopic (exact) mass is 360 g/mol. The van der Waals surface area contributed by atoms with E-state index in [0.717, 1.165) is 22.2 Å². The van der Waals surface area contributed by atoms with Crippen LogP contribution in [0.5, 0.6) is 11.5 Å². The van der Waals surface area contributed by atoms with Gasteiger partial charge in [0.1, 0.15) is 11.5 Å². The van der Waals surface area contributed by atoms with Crippen molar-refractivity contribution in [1.29, 1.82) is 0 Å². The van der Waals surface area contributed by atoms with E-state index >= 15 is 0 Å². The third-order valence-corrected chi connectivity index (χ3v) is 4.83. The number of thiazole rings is 1. The van der Waals surface area contributed by atoms with Gasteiger partial charge in [-0.1, -0.05) is 11.3 Å². The smallest absolute Gasteiger partial charge is 0.250 e. The van der Waals surface area contributed by atoms with Crippen molar-refractivity contribution < 1.29 is 14.3 Å². The summed E-state index contributed by atoms with van der Waals surface area (Å²) in [5.74, 6) is 1.76. The number of carbonyl (C=O) groups is 1. The van der Waals surface area contributed by atoms with Gasteiger partial charge in [0.2, 0.25) is 16.8 Å². The van der Waals surface area contributed by atoms with Crippen LogP contribution in [0.4, 0.5) is 5.95 Å². The third-order valence-electron chi connectivity index (χ3n) is 3.78. The molecular formula is C17H20N4O3S. The summed E-state index contributed by atoms with van der Waals surface area (Å²) in [6.45, 7) is 4.47. The van der Waals surface area contributed by atoms with Gasteiger partial charge in [0.15, 0.2) is 0 Å². The standard InChI is InChI=1S/C17H20N4O3S/c1-11-12(2)25-17-19-16(20-21(11)17)18-15(22)5-4-10-24-14-8-6-13(23-3)7-9-14/h6-9H,4-5,10H2,1-3H3,(H,18,20,22). The molecule has 8 heteroatoms. The van der Waals surface area contributed by atoms with Crippen molar-refractivity contribution in [3.8, 4) is 11.5 Å². The van der Waals surface area contributed by atoms with E-state index in [0.29, 0.717) is 25.4 Å². The number of carbonyl (C=O) groups excluding carboxylic acids is 1. The summed E-state index contributed by atoms with van der Waals surface area (Å²) in [6.07, 6.45) is 0.958. The van der Waals surface area contributed by atoms with Gasteiger partial charge in [-0.2, -0.15) is 4.98 Å². The molecule has 132 valence electrons. The van der Waals surface area contributed by atoms with Crippen LogP contribution in [0.1, 0.15) is 23.4 Å². The van der Waals surface area contributed by atoms with Crippen LogP contribution in [-0.4, -0.2) is 34.2 Å². The second-order valence-electron chi connectivity index (χ2n) is 5.55. The van der Waals surface area contributed by atoms with E-state index in [-0.39, 0.29) is 5.91 Å². The maximum Gasteiger partial charge on any atom is 0.250 e. The van der Waals surface area contributed by atoms with Crippen LogP contribution in [0.2, 0.25) is 0 Å². The molecule has 1 amide bonds. The molecule has 2 aromatic heterocycles. The summed E-state index contributed by atoms with van der Waals surface area (Å²) in [7, 11) is 1.62. The van der Waals surface area contributed by atoms with Crippen molar-refractivity contribution in [2.24, 2.45) is 0 Å². The minimum atomic E-state index is -0.119. The number of hydrogen-bond donors (Lipinski definition) is 1. The van der Waals surface area contributed by atoms with Gasteiger partial charge in [0.05, 0.1) is 19.4 Å². The molecule has 3 aromatic rings. The predicted molar refractivity (Wildman–Crippen MR) is 96.7 cm³/mol. The van der Waals surface area contributed by atoms with Crippen molar-refractivity contribution in [3.63, 3.8) is 0 Å². The van der Waals surface area contributed by atoms with Gasteiger partial charge in [-0.05, 0) is 44.5 Å². The average Bonchev–Trinajstić information content (AvgIpc) is 3.11. The number of methoxy groups -OCH3 is 1. The van der Waals surface area contributed by atoms with Crippen LogP contribution in [0.3, 0.4) is 0 Å². The zero-order chi connectivity index (χ0) is 17.8. The number of anilines is 1. The normalized spacial score (nSPS) is 10.8. The van der Waals surface area contributed by atoms with E-state index < -0.39 is 0 Å². The number of aryl methyl sites for hydroxylation is 2. The predicted octanol–water partition coefficient (Wildman–Crippen LogP) is 3.21. The molecule has 0 radical (unpaired) electrons. The summed E-state index contributed by atoms with van der Waals surface area (Å²) in [5, 5.41) is 7.04. The van der Waals surface area contributed by atoms with Gasteiger partial charge < -0.3 is 9.47 Å². The van der Waals surface area contributed by atoms with Gasteiger partial charge in [-0.15, -0.1) is 5.10 Å². The summed E-state index contributed by atoms with van der Waals surface area (Å²) in [4.78, 5) is 18.3. The summed E-state index contributed by atoms with van der Waals surface area (Å²) < 4.78 is 12.4. The fourth-order valence-corrected chi connectivity index (χ4v) is 3.18. The molecule has 1 N–H and O–H groups in total. The Morgan fingerprint density at radius 3 is 2.64 bits per heavy atom. The Morgan fingerprint density at radius 1 is 1.24 bits per heavy atom. The molecule has 0 spiro atoms. The summed E-state index contributed by atoms with van der Waals surface area (Å²) in [5.41, 5.74) is 1.04. The van der Waals surface area contributed by atoms with Crippen molar-refractivity contribution in [1.82, 2.24) is 14.6 Å². The lowest BCUT2D eigenvalue weighted by atomic mass is 10.3. The first-order valence-corrected chi connectivity index (χ1v) is 8.78. The van der Waals surface area contributed by atoms with E-state index in [4.69, 9.17) is 9.47 Å². The number of benzene rings is 1. The highest BCUT2D eigenvalue weighted by atomic mass is 32.1. The zero-order valence-corrected chi connectivity index (χ0v) is 15.2. The van der Waals surface area contributed by atoms with E-state index in [9.17, 15) is 4.79 Å². The molecule has 0 aliphatic rings. The Labute approximate surface area is 149 Å². The summed E-state index contributed by atoms with van der Waals surface area (Å²) >= 11 is 1.56. The third kappa shape index (κ3) is 4.08. The first-order valence-electron chi connectivity index (χ1n) is 7.96. The van der Waals surface area contributed by atoms with Gasteiger partial charge in [0, 0.05) is 11.3 Å². The van der Waals surface area contributed by atoms with Crippen LogP contribution in [-0.2, 0) is 4.79 Å². The molecule has 7 nitrogen and oxygen atoms in total. The highest BCUT2D eigenvalue weighted by Gasteiger charge is 2.12. The maximum atomic E-state index is 12.0. The fourth-order valence-electron chi connectivity index (χ4n) is 2.28. The molecule has 1 aromatic carbocycles. The number of aromatic nitrogens is 3. The maximum absolute atomic E-state index is 12.0. The SMILES string of the molecule is COc1ccc(OCCCC(=O)Nc2nc3sc(C)c(C)n3n2)cc1. The molecule has 2 heterocycles. The average molecular weight is 360 g/mol. The Balaban J connectivity index is 1.44. The topological polar surface area (TPSA) is 77.8 Å². The number of rotatable bonds is 7. The highest BCUT2D eigenvalue weighted by Crippen LogP contribution is 2.21. The number of fused-ring (bicyclic) bond motifs is 1. The Hall–Kier alpha value is -2.61. The molecule has 0 saturated heterocycles. The largest absolute Gasteiger partial charge is 0.497 e. The lowest BCUT2D eigenvalue weighted by molar-refractivity contribution is -0.116. The molecule has 0 aliphatic heterocycles. The minimum Gasteiger partial charge on any atom is -0.497 e. The molecule has 0 aliphatic carbocycles. The van der Waals surface area contributed by atoms with Crippen LogP contribution in [0.15, 0.2) is 24.3 Å². The fraction of sp³-hybridized carbons (Fsp3) is 0.353. The number of hydrogen-bond acceptors (Lipinski definition) is 6. The lowest BCUT2D eigenvalue weighted by Crippen LogP contribution is -2.14. The number of nitrogens with one attached hydrogen (secondary N) is 1. The lowest BCUT2D eigenvalue weighted by Gasteiger charge is -2.06. The molecule has 0 fully saturated rings.